The highest BCUT2D eigenvalue weighted by molar-refractivity contribution is 5.99. The summed E-state index contributed by atoms with van der Waals surface area (Å²) in [5.74, 6) is 1.06. The lowest BCUT2D eigenvalue weighted by Crippen LogP contribution is -2.41. The third-order valence-corrected chi connectivity index (χ3v) is 6.23. The van der Waals surface area contributed by atoms with Crippen molar-refractivity contribution in [2.45, 2.75) is 65.6 Å². The second kappa shape index (κ2) is 8.19. The molecule has 1 unspecified atom stereocenters. The Hall–Kier alpha value is -2.33. The zero-order valence-corrected chi connectivity index (χ0v) is 18.0. The van der Waals surface area contributed by atoms with Gasteiger partial charge in [0.15, 0.2) is 0 Å². The Bertz CT molecular complexity index is 895. The van der Waals surface area contributed by atoms with Crippen LogP contribution < -0.4 is 4.74 Å². The van der Waals surface area contributed by atoms with Gasteiger partial charge in [-0.2, -0.15) is 0 Å². The Morgan fingerprint density at radius 1 is 1.17 bits per heavy atom. The lowest BCUT2D eigenvalue weighted by Gasteiger charge is -2.30. The molecule has 0 aliphatic carbocycles. The van der Waals surface area contributed by atoms with Crippen LogP contribution >= 0.6 is 0 Å². The molecule has 4 nitrogen and oxygen atoms in total. The summed E-state index contributed by atoms with van der Waals surface area (Å²) in [7, 11) is 0. The summed E-state index contributed by atoms with van der Waals surface area (Å²) in [4.78, 5) is 15.2. The number of rotatable bonds is 5. The molecule has 2 aliphatic heterocycles. The van der Waals surface area contributed by atoms with Gasteiger partial charge >= 0.3 is 0 Å². The fraction of sp³-hybridized carbons (Fsp3) is 0.480. The number of hydrogen-bond acceptors (Lipinski definition) is 3. The van der Waals surface area contributed by atoms with Gasteiger partial charge in [-0.25, -0.2) is 0 Å². The number of nitrogens with zero attached hydrogens (tertiary/aromatic N) is 1. The minimum absolute atomic E-state index is 0.167. The quantitative estimate of drug-likeness (QED) is 0.731. The number of carbonyl (C=O) groups is 1. The van der Waals surface area contributed by atoms with E-state index in [2.05, 4.69) is 32.0 Å². The zero-order valence-electron chi connectivity index (χ0n) is 18.0. The molecule has 1 fully saturated rings. The van der Waals surface area contributed by atoms with E-state index in [1.54, 1.807) is 0 Å². The van der Waals surface area contributed by atoms with E-state index in [4.69, 9.17) is 9.47 Å². The fourth-order valence-electron chi connectivity index (χ4n) is 4.46. The van der Waals surface area contributed by atoms with Gasteiger partial charge in [0.25, 0.3) is 5.91 Å². The van der Waals surface area contributed by atoms with Gasteiger partial charge in [0.2, 0.25) is 0 Å². The lowest BCUT2D eigenvalue weighted by molar-refractivity contribution is 0.0179. The van der Waals surface area contributed by atoms with Crippen LogP contribution in [0.3, 0.4) is 0 Å². The van der Waals surface area contributed by atoms with Crippen LogP contribution in [0.4, 0.5) is 0 Å². The molecule has 1 atom stereocenters. The van der Waals surface area contributed by atoms with Crippen LogP contribution in [0.2, 0.25) is 0 Å². The Kier molecular flexibility index (Phi) is 5.64. The van der Waals surface area contributed by atoms with E-state index >= 15 is 0 Å². The molecular formula is C25H31NO3. The highest BCUT2D eigenvalue weighted by Crippen LogP contribution is 2.33. The van der Waals surface area contributed by atoms with E-state index in [0.29, 0.717) is 6.61 Å². The SMILES string of the molecule is Cc1c(Cc2ccc(OC(C)C)cc2)cc2c(c1C)CN(C1CCCOC1)C2=O. The molecule has 1 saturated heterocycles. The molecule has 2 aromatic carbocycles. The molecule has 2 heterocycles. The number of amides is 1. The molecule has 154 valence electrons. The summed E-state index contributed by atoms with van der Waals surface area (Å²) in [6, 6.07) is 10.6. The molecule has 0 spiro atoms. The van der Waals surface area contributed by atoms with Crippen molar-refractivity contribution in [3.8, 4) is 5.75 Å². The zero-order chi connectivity index (χ0) is 20.5. The highest BCUT2D eigenvalue weighted by Gasteiger charge is 2.35. The molecule has 4 heteroatoms. The first-order valence-corrected chi connectivity index (χ1v) is 10.7. The average Bonchev–Trinajstić information content (AvgIpc) is 3.04. The predicted molar refractivity (Wildman–Crippen MR) is 115 cm³/mol. The molecule has 0 saturated carbocycles. The minimum atomic E-state index is 0.167. The number of fused-ring (bicyclic) bond motifs is 1. The van der Waals surface area contributed by atoms with Crippen molar-refractivity contribution in [1.82, 2.24) is 4.90 Å². The van der Waals surface area contributed by atoms with E-state index in [0.717, 1.165) is 43.7 Å². The van der Waals surface area contributed by atoms with E-state index < -0.39 is 0 Å². The van der Waals surface area contributed by atoms with Crippen molar-refractivity contribution in [3.05, 3.63) is 63.7 Å². The van der Waals surface area contributed by atoms with Crippen molar-refractivity contribution in [2.24, 2.45) is 0 Å². The van der Waals surface area contributed by atoms with Crippen LogP contribution in [-0.4, -0.2) is 36.2 Å². The van der Waals surface area contributed by atoms with Gasteiger partial charge < -0.3 is 14.4 Å². The van der Waals surface area contributed by atoms with Crippen molar-refractivity contribution in [1.29, 1.82) is 0 Å². The van der Waals surface area contributed by atoms with Crippen molar-refractivity contribution in [2.75, 3.05) is 13.2 Å². The third-order valence-electron chi connectivity index (χ3n) is 6.23. The number of ether oxygens (including phenoxy) is 2. The first-order valence-electron chi connectivity index (χ1n) is 10.7. The van der Waals surface area contributed by atoms with Crippen molar-refractivity contribution in [3.63, 3.8) is 0 Å². The summed E-state index contributed by atoms with van der Waals surface area (Å²) >= 11 is 0. The molecule has 2 aliphatic rings. The number of carbonyl (C=O) groups excluding carboxylic acids is 1. The minimum Gasteiger partial charge on any atom is -0.491 e. The van der Waals surface area contributed by atoms with E-state index in [9.17, 15) is 4.79 Å². The van der Waals surface area contributed by atoms with Gasteiger partial charge in [-0.3, -0.25) is 4.79 Å². The number of hydrogen-bond donors (Lipinski definition) is 0. The van der Waals surface area contributed by atoms with Gasteiger partial charge in [0.1, 0.15) is 5.75 Å². The molecule has 29 heavy (non-hydrogen) atoms. The Morgan fingerprint density at radius 3 is 2.59 bits per heavy atom. The maximum Gasteiger partial charge on any atom is 0.254 e. The highest BCUT2D eigenvalue weighted by atomic mass is 16.5. The van der Waals surface area contributed by atoms with Crippen LogP contribution in [0.1, 0.15) is 64.9 Å². The third kappa shape index (κ3) is 4.04. The maximum atomic E-state index is 13.2. The van der Waals surface area contributed by atoms with Crippen molar-refractivity contribution < 1.29 is 14.3 Å². The molecule has 0 radical (unpaired) electrons. The first kappa shape index (κ1) is 20.0. The Balaban J connectivity index is 1.57. The average molecular weight is 394 g/mol. The maximum absolute atomic E-state index is 13.2. The first-order chi connectivity index (χ1) is 13.9. The van der Waals surface area contributed by atoms with Gasteiger partial charge in [0, 0.05) is 18.7 Å². The Labute approximate surface area is 173 Å². The summed E-state index contributed by atoms with van der Waals surface area (Å²) in [6.07, 6.45) is 3.06. The van der Waals surface area contributed by atoms with Crippen molar-refractivity contribution >= 4 is 5.91 Å². The van der Waals surface area contributed by atoms with Gasteiger partial charge in [0.05, 0.1) is 18.8 Å². The summed E-state index contributed by atoms with van der Waals surface area (Å²) in [6.45, 7) is 10.6. The van der Waals surface area contributed by atoms with Crippen LogP contribution in [0.5, 0.6) is 5.75 Å². The molecule has 0 N–H and O–H groups in total. The predicted octanol–water partition coefficient (Wildman–Crippen LogP) is 4.82. The van der Waals surface area contributed by atoms with E-state index in [1.165, 1.54) is 27.8 Å². The van der Waals surface area contributed by atoms with E-state index in [-0.39, 0.29) is 18.1 Å². The van der Waals surface area contributed by atoms with Gasteiger partial charge in [-0.05, 0) is 93.0 Å². The van der Waals surface area contributed by atoms with Gasteiger partial charge in [-0.1, -0.05) is 12.1 Å². The van der Waals surface area contributed by atoms with Crippen LogP contribution in [0.25, 0.3) is 0 Å². The molecular weight excluding hydrogens is 362 g/mol. The van der Waals surface area contributed by atoms with Crippen LogP contribution in [0.15, 0.2) is 30.3 Å². The topological polar surface area (TPSA) is 38.8 Å². The normalized spacial score (nSPS) is 19.0. The monoisotopic (exact) mass is 393 g/mol. The second-order valence-corrected chi connectivity index (χ2v) is 8.60. The van der Waals surface area contributed by atoms with Crippen LogP contribution in [0, 0.1) is 13.8 Å². The summed E-state index contributed by atoms with van der Waals surface area (Å²) in [5.41, 5.74) is 7.09. The summed E-state index contributed by atoms with van der Waals surface area (Å²) < 4.78 is 11.4. The molecule has 2 aromatic rings. The Morgan fingerprint density at radius 2 is 1.93 bits per heavy atom. The largest absolute Gasteiger partial charge is 0.491 e. The second-order valence-electron chi connectivity index (χ2n) is 8.60. The molecule has 4 rings (SSSR count). The van der Waals surface area contributed by atoms with Crippen LogP contribution in [-0.2, 0) is 17.7 Å². The summed E-state index contributed by atoms with van der Waals surface area (Å²) in [5, 5.41) is 0. The lowest BCUT2D eigenvalue weighted by atomic mass is 9.91. The standard InChI is InChI=1S/C25H31NO3/c1-16(2)29-22-9-7-19(8-10-22)12-20-13-23-24(18(4)17(20)3)14-26(25(23)27)21-6-5-11-28-15-21/h7-10,13,16,21H,5-6,11-12,14-15H2,1-4H3. The fourth-order valence-corrected chi connectivity index (χ4v) is 4.46. The van der Waals surface area contributed by atoms with Gasteiger partial charge in [-0.15, -0.1) is 0 Å². The smallest absolute Gasteiger partial charge is 0.254 e. The van der Waals surface area contributed by atoms with E-state index in [1.807, 2.05) is 30.9 Å². The molecule has 1 amide bonds. The number of benzene rings is 2. The molecule has 0 bridgehead atoms. The molecule has 0 aromatic heterocycles.